The van der Waals surface area contributed by atoms with Gasteiger partial charge in [0.25, 0.3) is 5.91 Å². The summed E-state index contributed by atoms with van der Waals surface area (Å²) in [6.07, 6.45) is 1.55. The third kappa shape index (κ3) is 4.29. The molecule has 0 aliphatic rings. The Morgan fingerprint density at radius 1 is 1.16 bits per heavy atom. The molecule has 0 saturated carbocycles. The number of carbonyl (C=O) groups excluding carboxylic acids is 1. The van der Waals surface area contributed by atoms with Gasteiger partial charge in [-0.05, 0) is 51.1 Å². The monoisotopic (exact) mass is 428 g/mol. The van der Waals surface area contributed by atoms with Crippen molar-refractivity contribution in [2.24, 2.45) is 5.10 Å². The lowest BCUT2D eigenvalue weighted by atomic mass is 10.1. The van der Waals surface area contributed by atoms with Gasteiger partial charge < -0.3 is 4.74 Å². The lowest BCUT2D eigenvalue weighted by Crippen LogP contribution is -2.18. The van der Waals surface area contributed by atoms with E-state index >= 15 is 0 Å². The van der Waals surface area contributed by atoms with Crippen LogP contribution in [0.2, 0.25) is 0 Å². The number of aromatic nitrogens is 4. The second-order valence-electron chi connectivity index (χ2n) is 7.13. The summed E-state index contributed by atoms with van der Waals surface area (Å²) < 4.78 is 7.43. The van der Waals surface area contributed by atoms with Crippen LogP contribution in [0.3, 0.4) is 0 Å². The lowest BCUT2D eigenvalue weighted by Gasteiger charge is -2.05. The van der Waals surface area contributed by atoms with Crippen molar-refractivity contribution >= 4 is 12.1 Å². The molecule has 0 saturated heterocycles. The Labute approximate surface area is 185 Å². The maximum Gasteiger partial charge on any atom is 0.289 e. The number of hydrogen-bond donors (Lipinski definition) is 2. The maximum atomic E-state index is 12.5. The Morgan fingerprint density at radius 2 is 1.91 bits per heavy atom. The topological polar surface area (TPSA) is 97.2 Å². The molecule has 2 aromatic carbocycles. The van der Waals surface area contributed by atoms with Crippen molar-refractivity contribution in [1.82, 2.24) is 25.4 Å². The zero-order valence-electron chi connectivity index (χ0n) is 18.2. The molecule has 0 spiro atoms. The van der Waals surface area contributed by atoms with Gasteiger partial charge in [0.05, 0.1) is 35.6 Å². The summed E-state index contributed by atoms with van der Waals surface area (Å²) in [6, 6.07) is 19.1. The first kappa shape index (κ1) is 21.0. The number of nitrogens with zero attached hydrogens (tertiary/aromatic N) is 4. The third-order valence-corrected chi connectivity index (χ3v) is 4.96. The molecular weight excluding hydrogens is 404 g/mol. The van der Waals surface area contributed by atoms with E-state index in [9.17, 15) is 4.79 Å². The average molecular weight is 428 g/mol. The van der Waals surface area contributed by atoms with Crippen molar-refractivity contribution in [3.63, 3.8) is 0 Å². The lowest BCUT2D eigenvalue weighted by molar-refractivity contribution is 0.0950. The Hall–Kier alpha value is -4.20. The number of carbonyl (C=O) groups is 1. The van der Waals surface area contributed by atoms with Gasteiger partial charge in [-0.25, -0.2) is 10.1 Å². The minimum absolute atomic E-state index is 0.307. The van der Waals surface area contributed by atoms with E-state index in [0.29, 0.717) is 23.7 Å². The van der Waals surface area contributed by atoms with Crippen molar-refractivity contribution < 1.29 is 9.53 Å². The molecule has 0 aliphatic heterocycles. The first-order chi connectivity index (χ1) is 15.6. The standard InChI is InChI=1S/C24H24N6O2/c1-4-32-22-13-9-8-10-18(22)15-25-28-24(31)21-14-20(26-27-21)23-16(2)29-30(17(23)3)19-11-6-5-7-12-19/h5-15H,4H2,1-3H3,(H,26,27)(H,28,31). The Morgan fingerprint density at radius 3 is 2.69 bits per heavy atom. The molecule has 2 aromatic heterocycles. The molecule has 0 radical (unpaired) electrons. The summed E-state index contributed by atoms with van der Waals surface area (Å²) in [5.41, 5.74) is 7.89. The fourth-order valence-corrected chi connectivity index (χ4v) is 3.49. The number of hydrazone groups is 1. The van der Waals surface area contributed by atoms with Gasteiger partial charge in [0, 0.05) is 11.1 Å². The zero-order valence-corrected chi connectivity index (χ0v) is 18.2. The molecular formula is C24H24N6O2. The number of hydrogen-bond acceptors (Lipinski definition) is 5. The quantitative estimate of drug-likeness (QED) is 0.343. The van der Waals surface area contributed by atoms with Gasteiger partial charge in [-0.2, -0.15) is 15.3 Å². The number of H-pyrrole nitrogens is 1. The van der Waals surface area contributed by atoms with Crippen molar-refractivity contribution in [2.45, 2.75) is 20.8 Å². The van der Waals surface area contributed by atoms with Crippen LogP contribution >= 0.6 is 0 Å². The Kier molecular flexibility index (Phi) is 6.12. The molecule has 8 heteroatoms. The highest BCUT2D eigenvalue weighted by atomic mass is 16.5. The van der Waals surface area contributed by atoms with Crippen LogP contribution in [0.5, 0.6) is 5.75 Å². The second kappa shape index (κ2) is 9.30. The molecule has 162 valence electrons. The normalized spacial score (nSPS) is 11.1. The number of nitrogens with one attached hydrogen (secondary N) is 2. The van der Waals surface area contributed by atoms with Crippen molar-refractivity contribution in [3.05, 3.63) is 83.3 Å². The first-order valence-corrected chi connectivity index (χ1v) is 10.3. The van der Waals surface area contributed by atoms with Crippen LogP contribution in [0.4, 0.5) is 0 Å². The van der Waals surface area contributed by atoms with E-state index in [-0.39, 0.29) is 5.91 Å². The van der Waals surface area contributed by atoms with Gasteiger partial charge in [-0.1, -0.05) is 30.3 Å². The molecule has 0 bridgehead atoms. The summed E-state index contributed by atoms with van der Waals surface area (Å²) in [6.45, 7) is 6.37. The number of para-hydroxylation sites is 2. The summed E-state index contributed by atoms with van der Waals surface area (Å²) in [7, 11) is 0. The van der Waals surface area contributed by atoms with Gasteiger partial charge >= 0.3 is 0 Å². The summed E-state index contributed by atoms with van der Waals surface area (Å²) in [5, 5.41) is 15.8. The van der Waals surface area contributed by atoms with Crippen LogP contribution in [-0.4, -0.2) is 38.7 Å². The van der Waals surface area contributed by atoms with Crippen LogP contribution in [0.15, 0.2) is 65.8 Å². The fraction of sp³-hybridized carbons (Fsp3) is 0.167. The molecule has 0 unspecified atom stereocenters. The van der Waals surface area contributed by atoms with E-state index in [1.807, 2.05) is 80.1 Å². The minimum Gasteiger partial charge on any atom is -0.493 e. The summed E-state index contributed by atoms with van der Waals surface area (Å²) >= 11 is 0. The van der Waals surface area contributed by atoms with E-state index in [2.05, 4.69) is 25.8 Å². The predicted octanol–water partition coefficient (Wildman–Crippen LogP) is 4.04. The van der Waals surface area contributed by atoms with Gasteiger partial charge in [-0.15, -0.1) is 0 Å². The molecule has 2 heterocycles. The molecule has 1 amide bonds. The molecule has 32 heavy (non-hydrogen) atoms. The Balaban J connectivity index is 1.51. The maximum absolute atomic E-state index is 12.5. The molecule has 0 atom stereocenters. The number of aromatic amines is 1. The van der Waals surface area contributed by atoms with Crippen molar-refractivity contribution in [2.75, 3.05) is 6.61 Å². The number of rotatable bonds is 7. The molecule has 8 nitrogen and oxygen atoms in total. The van der Waals surface area contributed by atoms with Crippen LogP contribution in [-0.2, 0) is 0 Å². The second-order valence-corrected chi connectivity index (χ2v) is 7.13. The molecule has 0 aliphatic carbocycles. The Bertz CT molecular complexity index is 1260. The largest absolute Gasteiger partial charge is 0.493 e. The molecule has 2 N–H and O–H groups in total. The van der Waals surface area contributed by atoms with Gasteiger partial charge in [0.2, 0.25) is 0 Å². The van der Waals surface area contributed by atoms with Crippen LogP contribution in [0.1, 0.15) is 34.4 Å². The number of amides is 1. The highest BCUT2D eigenvalue weighted by Crippen LogP contribution is 2.27. The van der Waals surface area contributed by atoms with E-state index in [1.54, 1.807) is 12.3 Å². The summed E-state index contributed by atoms with van der Waals surface area (Å²) in [5.74, 6) is 0.317. The highest BCUT2D eigenvalue weighted by Gasteiger charge is 2.18. The van der Waals surface area contributed by atoms with E-state index in [1.165, 1.54) is 0 Å². The first-order valence-electron chi connectivity index (χ1n) is 10.3. The SMILES string of the molecule is CCOc1ccccc1C=NNC(=O)c1cc(-c2c(C)nn(-c3ccccc3)c2C)n[nH]1. The summed E-state index contributed by atoms with van der Waals surface area (Å²) in [4.78, 5) is 12.5. The van der Waals surface area contributed by atoms with E-state index < -0.39 is 0 Å². The number of benzene rings is 2. The third-order valence-electron chi connectivity index (χ3n) is 4.96. The molecule has 0 fully saturated rings. The van der Waals surface area contributed by atoms with Crippen molar-refractivity contribution in [3.8, 4) is 22.7 Å². The van der Waals surface area contributed by atoms with Crippen LogP contribution in [0.25, 0.3) is 16.9 Å². The van der Waals surface area contributed by atoms with Crippen LogP contribution in [0, 0.1) is 13.8 Å². The van der Waals surface area contributed by atoms with E-state index in [4.69, 9.17) is 4.74 Å². The number of ether oxygens (including phenoxy) is 1. The number of aryl methyl sites for hydroxylation is 1. The highest BCUT2D eigenvalue weighted by molar-refractivity contribution is 5.94. The fourth-order valence-electron chi connectivity index (χ4n) is 3.49. The average Bonchev–Trinajstić information content (AvgIpc) is 3.40. The van der Waals surface area contributed by atoms with Crippen molar-refractivity contribution in [1.29, 1.82) is 0 Å². The molecule has 4 aromatic rings. The van der Waals surface area contributed by atoms with Gasteiger partial charge in [0.1, 0.15) is 11.4 Å². The smallest absolute Gasteiger partial charge is 0.289 e. The minimum atomic E-state index is -0.389. The van der Waals surface area contributed by atoms with Gasteiger partial charge in [-0.3, -0.25) is 9.89 Å². The zero-order chi connectivity index (χ0) is 22.5. The predicted molar refractivity (Wildman–Crippen MR) is 123 cm³/mol. The van der Waals surface area contributed by atoms with E-state index in [0.717, 1.165) is 28.2 Å². The molecule has 4 rings (SSSR count). The van der Waals surface area contributed by atoms with Gasteiger partial charge in [0.15, 0.2) is 0 Å². The van der Waals surface area contributed by atoms with Crippen LogP contribution < -0.4 is 10.2 Å².